The highest BCUT2D eigenvalue weighted by Gasteiger charge is 2.17. The summed E-state index contributed by atoms with van der Waals surface area (Å²) in [4.78, 5) is 25.8. The van der Waals surface area contributed by atoms with Crippen molar-refractivity contribution in [3.63, 3.8) is 0 Å². The SMILES string of the molecule is CCN(Cc1ccccc1)C(=O)CNC(=O)[C@@H](N)CC(C)C. The highest BCUT2D eigenvalue weighted by molar-refractivity contribution is 5.87. The van der Waals surface area contributed by atoms with Crippen molar-refractivity contribution in [2.45, 2.75) is 39.8 Å². The molecule has 1 atom stereocenters. The van der Waals surface area contributed by atoms with Gasteiger partial charge in [-0.2, -0.15) is 0 Å². The van der Waals surface area contributed by atoms with Crippen molar-refractivity contribution in [3.05, 3.63) is 35.9 Å². The van der Waals surface area contributed by atoms with Gasteiger partial charge in [0, 0.05) is 13.1 Å². The van der Waals surface area contributed by atoms with Crippen molar-refractivity contribution in [1.82, 2.24) is 10.2 Å². The van der Waals surface area contributed by atoms with Crippen LogP contribution in [0.1, 0.15) is 32.8 Å². The first kappa shape index (κ1) is 18.2. The first-order valence-electron chi connectivity index (χ1n) is 7.79. The van der Waals surface area contributed by atoms with Crippen molar-refractivity contribution >= 4 is 11.8 Å². The van der Waals surface area contributed by atoms with Crippen LogP contribution in [0, 0.1) is 5.92 Å². The largest absolute Gasteiger partial charge is 0.346 e. The molecule has 1 aromatic carbocycles. The summed E-state index contributed by atoms with van der Waals surface area (Å²) in [6.07, 6.45) is 0.613. The van der Waals surface area contributed by atoms with Crippen molar-refractivity contribution in [3.8, 4) is 0 Å². The van der Waals surface area contributed by atoms with Gasteiger partial charge in [-0.05, 0) is 24.8 Å². The van der Waals surface area contributed by atoms with Gasteiger partial charge in [0.2, 0.25) is 11.8 Å². The van der Waals surface area contributed by atoms with Gasteiger partial charge in [-0.15, -0.1) is 0 Å². The van der Waals surface area contributed by atoms with Gasteiger partial charge in [-0.25, -0.2) is 0 Å². The summed E-state index contributed by atoms with van der Waals surface area (Å²) in [7, 11) is 0. The topological polar surface area (TPSA) is 75.4 Å². The zero-order valence-electron chi connectivity index (χ0n) is 13.7. The predicted molar refractivity (Wildman–Crippen MR) is 88.0 cm³/mol. The van der Waals surface area contributed by atoms with E-state index in [1.54, 1.807) is 4.90 Å². The van der Waals surface area contributed by atoms with Gasteiger partial charge in [0.15, 0.2) is 0 Å². The fourth-order valence-electron chi connectivity index (χ4n) is 2.20. The average Bonchev–Trinajstić information content (AvgIpc) is 2.50. The molecule has 0 saturated heterocycles. The molecule has 2 amide bonds. The van der Waals surface area contributed by atoms with Gasteiger partial charge >= 0.3 is 0 Å². The second kappa shape index (κ2) is 9.20. The van der Waals surface area contributed by atoms with Crippen LogP contribution in [0.3, 0.4) is 0 Å². The molecule has 0 fully saturated rings. The Labute approximate surface area is 132 Å². The number of nitrogens with zero attached hydrogens (tertiary/aromatic N) is 1. The molecule has 122 valence electrons. The van der Waals surface area contributed by atoms with Gasteiger partial charge in [0.1, 0.15) is 0 Å². The number of carbonyl (C=O) groups excluding carboxylic acids is 2. The molecule has 5 heteroatoms. The molecule has 1 rings (SSSR count). The summed E-state index contributed by atoms with van der Waals surface area (Å²) < 4.78 is 0. The standard InChI is InChI=1S/C17H27N3O2/c1-4-20(12-14-8-6-5-7-9-14)16(21)11-19-17(22)15(18)10-13(2)3/h5-9,13,15H,4,10-12,18H2,1-3H3,(H,19,22)/t15-/m0/s1. The molecule has 0 aliphatic heterocycles. The van der Waals surface area contributed by atoms with E-state index in [1.807, 2.05) is 51.1 Å². The Hall–Kier alpha value is -1.88. The molecule has 5 nitrogen and oxygen atoms in total. The highest BCUT2D eigenvalue weighted by Crippen LogP contribution is 2.05. The van der Waals surface area contributed by atoms with E-state index in [9.17, 15) is 9.59 Å². The smallest absolute Gasteiger partial charge is 0.242 e. The van der Waals surface area contributed by atoms with Crippen molar-refractivity contribution in [1.29, 1.82) is 0 Å². The van der Waals surface area contributed by atoms with E-state index in [-0.39, 0.29) is 18.4 Å². The zero-order chi connectivity index (χ0) is 16.5. The molecule has 0 heterocycles. The van der Waals surface area contributed by atoms with Gasteiger partial charge in [-0.3, -0.25) is 9.59 Å². The Balaban J connectivity index is 2.47. The summed E-state index contributed by atoms with van der Waals surface area (Å²) in [5, 5.41) is 2.63. The Morgan fingerprint density at radius 2 is 1.86 bits per heavy atom. The number of hydrogen-bond acceptors (Lipinski definition) is 3. The predicted octanol–water partition coefficient (Wildman–Crippen LogP) is 1.52. The average molecular weight is 305 g/mol. The Morgan fingerprint density at radius 3 is 2.41 bits per heavy atom. The molecule has 0 spiro atoms. The third-order valence-corrected chi connectivity index (χ3v) is 3.43. The lowest BCUT2D eigenvalue weighted by molar-refractivity contribution is -0.133. The second-order valence-electron chi connectivity index (χ2n) is 5.85. The Kier molecular flexibility index (Phi) is 7.60. The molecule has 0 saturated carbocycles. The number of likely N-dealkylation sites (N-methyl/N-ethyl adjacent to an activating group) is 1. The maximum absolute atomic E-state index is 12.2. The van der Waals surface area contributed by atoms with Gasteiger partial charge < -0.3 is 16.0 Å². The third-order valence-electron chi connectivity index (χ3n) is 3.43. The van der Waals surface area contributed by atoms with Gasteiger partial charge in [0.25, 0.3) is 0 Å². The van der Waals surface area contributed by atoms with E-state index in [1.165, 1.54) is 0 Å². The molecule has 0 aromatic heterocycles. The second-order valence-corrected chi connectivity index (χ2v) is 5.85. The molecule has 3 N–H and O–H groups in total. The maximum atomic E-state index is 12.2. The summed E-state index contributed by atoms with van der Waals surface area (Å²) in [6.45, 7) is 7.08. The van der Waals surface area contributed by atoms with Crippen LogP contribution in [-0.4, -0.2) is 35.8 Å². The van der Waals surface area contributed by atoms with E-state index < -0.39 is 6.04 Å². The fourth-order valence-corrected chi connectivity index (χ4v) is 2.20. The monoisotopic (exact) mass is 305 g/mol. The van der Waals surface area contributed by atoms with Crippen molar-refractivity contribution in [2.24, 2.45) is 11.7 Å². The molecule has 22 heavy (non-hydrogen) atoms. The van der Waals surface area contributed by atoms with Crippen LogP contribution >= 0.6 is 0 Å². The van der Waals surface area contributed by atoms with Crippen molar-refractivity contribution < 1.29 is 9.59 Å². The lowest BCUT2D eigenvalue weighted by atomic mass is 10.0. The Bertz CT molecular complexity index is 474. The van der Waals surface area contributed by atoms with Crippen LogP contribution in [0.5, 0.6) is 0 Å². The summed E-state index contributed by atoms with van der Waals surface area (Å²) in [6, 6.07) is 9.23. The van der Waals surface area contributed by atoms with Crippen LogP contribution < -0.4 is 11.1 Å². The molecule has 1 aromatic rings. The molecule has 0 aliphatic carbocycles. The molecular weight excluding hydrogens is 278 g/mol. The lowest BCUT2D eigenvalue weighted by Crippen LogP contribution is -2.46. The molecule has 0 aliphatic rings. The van der Waals surface area contributed by atoms with Gasteiger partial charge in [0.05, 0.1) is 12.6 Å². The van der Waals surface area contributed by atoms with Crippen LogP contribution in [0.2, 0.25) is 0 Å². The number of rotatable bonds is 8. The third kappa shape index (κ3) is 6.26. The highest BCUT2D eigenvalue weighted by atomic mass is 16.2. The first-order chi connectivity index (χ1) is 10.4. The first-order valence-corrected chi connectivity index (χ1v) is 7.79. The Morgan fingerprint density at radius 1 is 1.23 bits per heavy atom. The zero-order valence-corrected chi connectivity index (χ0v) is 13.7. The van der Waals surface area contributed by atoms with Crippen LogP contribution in [0.25, 0.3) is 0 Å². The number of carbonyl (C=O) groups is 2. The number of hydrogen-bond donors (Lipinski definition) is 2. The number of nitrogens with one attached hydrogen (secondary N) is 1. The van der Waals surface area contributed by atoms with E-state index in [0.717, 1.165) is 5.56 Å². The molecule has 0 bridgehead atoms. The van der Waals surface area contributed by atoms with Crippen LogP contribution in [0.15, 0.2) is 30.3 Å². The summed E-state index contributed by atoms with van der Waals surface area (Å²) in [5.74, 6) is -0.0177. The van der Waals surface area contributed by atoms with Crippen molar-refractivity contribution in [2.75, 3.05) is 13.1 Å². The van der Waals surface area contributed by atoms with Crippen LogP contribution in [0.4, 0.5) is 0 Å². The summed E-state index contributed by atoms with van der Waals surface area (Å²) >= 11 is 0. The van der Waals surface area contributed by atoms with E-state index >= 15 is 0 Å². The molecule has 0 unspecified atom stereocenters. The number of amides is 2. The van der Waals surface area contributed by atoms with Crippen LogP contribution in [-0.2, 0) is 16.1 Å². The van der Waals surface area contributed by atoms with E-state index in [0.29, 0.717) is 25.4 Å². The quantitative estimate of drug-likeness (QED) is 0.764. The maximum Gasteiger partial charge on any atom is 0.242 e. The van der Waals surface area contributed by atoms with E-state index in [4.69, 9.17) is 5.73 Å². The normalized spacial score (nSPS) is 12.0. The summed E-state index contributed by atoms with van der Waals surface area (Å²) in [5.41, 5.74) is 6.87. The fraction of sp³-hybridized carbons (Fsp3) is 0.529. The molecule has 0 radical (unpaired) electrons. The minimum Gasteiger partial charge on any atom is -0.346 e. The lowest BCUT2D eigenvalue weighted by Gasteiger charge is -2.22. The van der Waals surface area contributed by atoms with Gasteiger partial charge in [-0.1, -0.05) is 44.2 Å². The number of benzene rings is 1. The molecular formula is C17H27N3O2. The number of nitrogens with two attached hydrogens (primary N) is 1. The minimum atomic E-state index is -0.558. The minimum absolute atomic E-state index is 0.00863. The van der Waals surface area contributed by atoms with E-state index in [2.05, 4.69) is 5.32 Å².